The molecule has 2 atom stereocenters. The molecule has 128 valence electrons. The van der Waals surface area contributed by atoms with Crippen LogP contribution in [0.4, 0.5) is 0 Å². The molecule has 6 nitrogen and oxygen atoms in total. The van der Waals surface area contributed by atoms with Crippen LogP contribution >= 0.6 is 0 Å². The minimum absolute atomic E-state index is 0.0367. The molecule has 6 heteroatoms. The summed E-state index contributed by atoms with van der Waals surface area (Å²) in [5, 5.41) is 5.73. The maximum absolute atomic E-state index is 12.0. The molecule has 0 radical (unpaired) electrons. The highest BCUT2D eigenvalue weighted by atomic mass is 16.2. The third-order valence-corrected chi connectivity index (χ3v) is 4.16. The first kappa shape index (κ1) is 18.9. The fourth-order valence-electron chi connectivity index (χ4n) is 2.77. The number of rotatable bonds is 12. The lowest BCUT2D eigenvalue weighted by molar-refractivity contribution is -0.137. The molecule has 1 rings (SSSR count). The normalized spacial score (nSPS) is 21.5. The average molecular weight is 312 g/mol. The summed E-state index contributed by atoms with van der Waals surface area (Å²) >= 11 is 0. The summed E-state index contributed by atoms with van der Waals surface area (Å²) in [5.74, 6) is -0.0734. The minimum Gasteiger partial charge on any atom is -0.343 e. The van der Waals surface area contributed by atoms with Crippen LogP contribution in [0, 0.1) is 0 Å². The zero-order chi connectivity index (χ0) is 16.2. The van der Waals surface area contributed by atoms with E-state index in [4.69, 9.17) is 11.5 Å². The molecule has 0 aromatic rings. The van der Waals surface area contributed by atoms with Gasteiger partial charge in [-0.3, -0.25) is 9.59 Å². The van der Waals surface area contributed by atoms with Gasteiger partial charge in [-0.1, -0.05) is 38.5 Å². The third kappa shape index (κ3) is 7.22. The fraction of sp³-hybridized carbons (Fsp3) is 0.875. The second-order valence-corrected chi connectivity index (χ2v) is 6.11. The van der Waals surface area contributed by atoms with Gasteiger partial charge in [0.05, 0.1) is 0 Å². The molecule has 1 heterocycles. The zero-order valence-corrected chi connectivity index (χ0v) is 13.6. The molecule has 0 saturated carbocycles. The van der Waals surface area contributed by atoms with Gasteiger partial charge in [0.1, 0.15) is 12.1 Å². The monoisotopic (exact) mass is 312 g/mol. The molecular weight excluding hydrogens is 280 g/mol. The van der Waals surface area contributed by atoms with E-state index in [2.05, 4.69) is 10.6 Å². The topological polar surface area (TPSA) is 110 Å². The lowest BCUT2D eigenvalue weighted by Crippen LogP contribution is -2.61. The number of piperazine rings is 1. The summed E-state index contributed by atoms with van der Waals surface area (Å²) in [6.07, 6.45) is 9.66. The van der Waals surface area contributed by atoms with E-state index in [0.29, 0.717) is 25.9 Å². The van der Waals surface area contributed by atoms with Gasteiger partial charge in [0.2, 0.25) is 11.8 Å². The van der Waals surface area contributed by atoms with Crippen molar-refractivity contribution in [3.63, 3.8) is 0 Å². The Kier molecular flexibility index (Phi) is 9.82. The van der Waals surface area contributed by atoms with E-state index in [-0.39, 0.29) is 23.9 Å². The molecule has 0 bridgehead atoms. The van der Waals surface area contributed by atoms with Crippen molar-refractivity contribution in [2.45, 2.75) is 76.3 Å². The number of amides is 2. The van der Waals surface area contributed by atoms with Crippen LogP contribution in [-0.2, 0) is 9.59 Å². The molecule has 1 fully saturated rings. The summed E-state index contributed by atoms with van der Waals surface area (Å²) in [6, 6.07) is -0.724. The van der Waals surface area contributed by atoms with Crippen LogP contribution in [0.15, 0.2) is 0 Å². The van der Waals surface area contributed by atoms with Crippen LogP contribution in [0.2, 0.25) is 0 Å². The van der Waals surface area contributed by atoms with Crippen molar-refractivity contribution in [2.75, 3.05) is 13.1 Å². The van der Waals surface area contributed by atoms with Gasteiger partial charge in [-0.2, -0.15) is 0 Å². The van der Waals surface area contributed by atoms with Crippen LogP contribution in [0.3, 0.4) is 0 Å². The van der Waals surface area contributed by atoms with Crippen molar-refractivity contribution in [3.8, 4) is 0 Å². The van der Waals surface area contributed by atoms with Gasteiger partial charge in [-0.25, -0.2) is 0 Å². The summed E-state index contributed by atoms with van der Waals surface area (Å²) in [4.78, 5) is 24.1. The van der Waals surface area contributed by atoms with Crippen molar-refractivity contribution in [3.05, 3.63) is 0 Å². The SMILES string of the molecule is NCCCCCCC1NC(=O)C(CCCCCCN)NC1=O. The number of hydrogen-bond acceptors (Lipinski definition) is 4. The summed E-state index contributed by atoms with van der Waals surface area (Å²) < 4.78 is 0. The van der Waals surface area contributed by atoms with Gasteiger partial charge in [0.25, 0.3) is 0 Å². The molecule has 1 saturated heterocycles. The Morgan fingerprint density at radius 2 is 1.00 bits per heavy atom. The molecule has 2 amide bonds. The number of nitrogens with one attached hydrogen (secondary N) is 2. The quantitative estimate of drug-likeness (QED) is 0.399. The van der Waals surface area contributed by atoms with Gasteiger partial charge in [0, 0.05) is 0 Å². The standard InChI is InChI=1S/C16H32N4O2/c17-11-7-3-1-5-9-13-15(21)20-14(16(22)19-13)10-6-2-4-8-12-18/h13-14H,1-12,17-18H2,(H,19,22)(H,20,21). The Labute approximate surface area is 133 Å². The van der Waals surface area contributed by atoms with Crippen LogP contribution < -0.4 is 22.1 Å². The van der Waals surface area contributed by atoms with Crippen LogP contribution in [0.1, 0.15) is 64.2 Å². The minimum atomic E-state index is -0.362. The lowest BCUT2D eigenvalue weighted by Gasteiger charge is -2.29. The van der Waals surface area contributed by atoms with Crippen molar-refractivity contribution in [1.29, 1.82) is 0 Å². The molecule has 22 heavy (non-hydrogen) atoms. The van der Waals surface area contributed by atoms with E-state index >= 15 is 0 Å². The predicted octanol–water partition coefficient (Wildman–Crippen LogP) is 0.788. The highest BCUT2D eigenvalue weighted by Crippen LogP contribution is 2.12. The van der Waals surface area contributed by atoms with E-state index in [1.54, 1.807) is 0 Å². The molecule has 6 N–H and O–H groups in total. The van der Waals surface area contributed by atoms with Crippen molar-refractivity contribution < 1.29 is 9.59 Å². The van der Waals surface area contributed by atoms with Crippen molar-refractivity contribution in [2.24, 2.45) is 11.5 Å². The van der Waals surface area contributed by atoms with Gasteiger partial charge < -0.3 is 22.1 Å². The fourth-order valence-corrected chi connectivity index (χ4v) is 2.77. The zero-order valence-electron chi connectivity index (χ0n) is 13.6. The molecule has 0 aromatic heterocycles. The number of carbonyl (C=O) groups is 2. The highest BCUT2D eigenvalue weighted by Gasteiger charge is 2.32. The van der Waals surface area contributed by atoms with E-state index in [0.717, 1.165) is 51.4 Å². The Hall–Kier alpha value is -1.14. The maximum atomic E-state index is 12.0. The predicted molar refractivity (Wildman–Crippen MR) is 88.1 cm³/mol. The second kappa shape index (κ2) is 11.4. The third-order valence-electron chi connectivity index (χ3n) is 4.16. The lowest BCUT2D eigenvalue weighted by atomic mass is 10.00. The van der Waals surface area contributed by atoms with Gasteiger partial charge in [-0.05, 0) is 38.8 Å². The number of carbonyl (C=O) groups excluding carboxylic acids is 2. The molecule has 1 aliphatic heterocycles. The van der Waals surface area contributed by atoms with E-state index in [1.165, 1.54) is 0 Å². The van der Waals surface area contributed by atoms with E-state index in [9.17, 15) is 9.59 Å². The maximum Gasteiger partial charge on any atom is 0.243 e. The number of hydrogen-bond donors (Lipinski definition) is 4. The second-order valence-electron chi connectivity index (χ2n) is 6.11. The molecule has 2 unspecified atom stereocenters. The Morgan fingerprint density at radius 1 is 0.636 bits per heavy atom. The van der Waals surface area contributed by atoms with Gasteiger partial charge in [-0.15, -0.1) is 0 Å². The van der Waals surface area contributed by atoms with Crippen molar-refractivity contribution in [1.82, 2.24) is 10.6 Å². The van der Waals surface area contributed by atoms with Gasteiger partial charge in [0.15, 0.2) is 0 Å². The van der Waals surface area contributed by atoms with Crippen molar-refractivity contribution >= 4 is 11.8 Å². The Balaban J connectivity index is 2.20. The largest absolute Gasteiger partial charge is 0.343 e. The molecular formula is C16H32N4O2. The van der Waals surface area contributed by atoms with Crippen LogP contribution in [-0.4, -0.2) is 37.0 Å². The van der Waals surface area contributed by atoms with E-state index in [1.807, 2.05) is 0 Å². The first-order chi connectivity index (χ1) is 10.7. The highest BCUT2D eigenvalue weighted by molar-refractivity contribution is 5.96. The molecule has 0 aromatic carbocycles. The Morgan fingerprint density at radius 3 is 1.36 bits per heavy atom. The first-order valence-electron chi connectivity index (χ1n) is 8.70. The summed E-state index contributed by atoms with van der Waals surface area (Å²) in [5.41, 5.74) is 10.9. The number of nitrogens with two attached hydrogens (primary N) is 2. The van der Waals surface area contributed by atoms with E-state index < -0.39 is 0 Å². The molecule has 0 spiro atoms. The first-order valence-corrected chi connectivity index (χ1v) is 8.70. The van der Waals surface area contributed by atoms with Crippen LogP contribution in [0.25, 0.3) is 0 Å². The number of unbranched alkanes of at least 4 members (excludes halogenated alkanes) is 6. The van der Waals surface area contributed by atoms with Gasteiger partial charge >= 0.3 is 0 Å². The Bertz CT molecular complexity index is 304. The average Bonchev–Trinajstić information content (AvgIpc) is 2.51. The molecule has 0 aliphatic carbocycles. The molecule has 1 aliphatic rings. The summed E-state index contributed by atoms with van der Waals surface area (Å²) in [6.45, 7) is 1.43. The smallest absolute Gasteiger partial charge is 0.243 e. The summed E-state index contributed by atoms with van der Waals surface area (Å²) in [7, 11) is 0. The van der Waals surface area contributed by atoms with Crippen LogP contribution in [0.5, 0.6) is 0 Å².